The summed E-state index contributed by atoms with van der Waals surface area (Å²) in [5.74, 6) is 0. The lowest BCUT2D eigenvalue weighted by atomic mass is 9.27. The average Bonchev–Trinajstić information content (AvgIpc) is 2.67. The first-order valence-electron chi connectivity index (χ1n) is 8.76. The first-order chi connectivity index (χ1) is 12.3. The standard InChI is InChI=1S/C20H12.C2H5B3/c1-5-13-6-2-11-17-18-12-4-8-14-7-3-10-16(20(14)18)15(9-1)19(13)17;1-2-4-5-3/h1-12H;2H2,1H3. The van der Waals surface area contributed by atoms with E-state index in [1.165, 1.54) is 43.1 Å². The molecule has 5 aromatic carbocycles. The van der Waals surface area contributed by atoms with Crippen molar-refractivity contribution in [2.75, 3.05) is 0 Å². The molecule has 4 radical (unpaired) electrons. The summed E-state index contributed by atoms with van der Waals surface area (Å²) in [6.07, 6.45) is 1.04. The van der Waals surface area contributed by atoms with Gasteiger partial charge in [0.15, 0.2) is 0 Å². The minimum atomic E-state index is 1.04. The van der Waals surface area contributed by atoms with E-state index in [1.807, 2.05) is 14.1 Å². The number of fused-ring (bicyclic) bond motifs is 2. The highest BCUT2D eigenvalue weighted by molar-refractivity contribution is 7.23. The van der Waals surface area contributed by atoms with Crippen molar-refractivity contribution < 1.29 is 0 Å². The molecule has 3 heteroatoms. The Labute approximate surface area is 151 Å². The van der Waals surface area contributed by atoms with Crippen LogP contribution in [-0.2, 0) is 0 Å². The van der Waals surface area contributed by atoms with Crippen molar-refractivity contribution in [2.45, 2.75) is 13.2 Å². The molecule has 0 saturated carbocycles. The predicted molar refractivity (Wildman–Crippen MR) is 115 cm³/mol. The quantitative estimate of drug-likeness (QED) is 0.227. The zero-order valence-corrected chi connectivity index (χ0v) is 14.4. The molecule has 0 aliphatic heterocycles. The topological polar surface area (TPSA) is 0 Å². The molecule has 0 aliphatic rings. The SMILES string of the molecule is [B][B][B]CC.c1cc2cccc3c4cccc5cccc(c(c1)c23)c54. The lowest BCUT2D eigenvalue weighted by molar-refractivity contribution is 1.47. The average molecular weight is 314 g/mol. The smallest absolute Gasteiger partial charge is 0.0541 e. The minimum absolute atomic E-state index is 1.04. The molecule has 0 heterocycles. The second-order valence-corrected chi connectivity index (χ2v) is 6.25. The van der Waals surface area contributed by atoms with Gasteiger partial charge in [-0.05, 0) is 43.1 Å². The van der Waals surface area contributed by atoms with Gasteiger partial charge in [-0.2, -0.15) is 0 Å². The molecule has 0 nitrogen and oxygen atoms in total. The Kier molecular flexibility index (Phi) is 4.40. The summed E-state index contributed by atoms with van der Waals surface area (Å²) < 4.78 is 0. The molecule has 5 rings (SSSR count). The van der Waals surface area contributed by atoms with Gasteiger partial charge in [-0.1, -0.05) is 86.0 Å². The molecule has 0 saturated heterocycles. The third kappa shape index (κ3) is 2.68. The van der Waals surface area contributed by atoms with E-state index in [-0.39, 0.29) is 0 Å². The molecule has 0 aliphatic carbocycles. The van der Waals surface area contributed by atoms with Crippen LogP contribution >= 0.6 is 0 Å². The molecule has 0 fully saturated rings. The van der Waals surface area contributed by atoms with Crippen LogP contribution in [-0.4, -0.2) is 22.0 Å². The van der Waals surface area contributed by atoms with Gasteiger partial charge in [0, 0.05) is 14.8 Å². The van der Waals surface area contributed by atoms with Crippen molar-refractivity contribution in [1.82, 2.24) is 0 Å². The van der Waals surface area contributed by atoms with E-state index in [4.69, 9.17) is 7.74 Å². The van der Waals surface area contributed by atoms with Gasteiger partial charge in [0.2, 0.25) is 0 Å². The fourth-order valence-corrected chi connectivity index (χ4v) is 3.72. The Bertz CT molecular complexity index is 976. The third-order valence-corrected chi connectivity index (χ3v) is 4.76. The second kappa shape index (κ2) is 6.84. The van der Waals surface area contributed by atoms with Crippen LogP contribution in [0.4, 0.5) is 0 Å². The number of benzene rings is 5. The number of hydrogen-bond acceptors (Lipinski definition) is 0. The van der Waals surface area contributed by atoms with E-state index in [1.54, 1.807) is 7.06 Å². The summed E-state index contributed by atoms with van der Waals surface area (Å²) in [6, 6.07) is 26.4. The molecule has 114 valence electrons. The Balaban J connectivity index is 0.000000280. The summed E-state index contributed by atoms with van der Waals surface area (Å²) in [6.45, 7) is 2.04. The molecule has 5 aromatic rings. The third-order valence-electron chi connectivity index (χ3n) is 4.76. The largest absolute Gasteiger partial charge is 0.0923 e. The highest BCUT2D eigenvalue weighted by Gasteiger charge is 2.11. The van der Waals surface area contributed by atoms with Gasteiger partial charge >= 0.3 is 0 Å². The maximum absolute atomic E-state index is 4.96. The summed E-state index contributed by atoms with van der Waals surface area (Å²) >= 11 is 0. The van der Waals surface area contributed by atoms with Crippen molar-refractivity contribution in [2.24, 2.45) is 0 Å². The van der Waals surface area contributed by atoms with Gasteiger partial charge in [-0.25, -0.2) is 0 Å². The predicted octanol–water partition coefficient (Wildman–Crippen LogP) is 5.57. The molecular formula is C22H17B3. The molecule has 0 N–H and O–H groups in total. The first-order valence-corrected chi connectivity index (χ1v) is 8.76. The van der Waals surface area contributed by atoms with E-state index in [0.29, 0.717) is 0 Å². The normalized spacial score (nSPS) is 10.9. The van der Waals surface area contributed by atoms with Gasteiger partial charge in [0.1, 0.15) is 0 Å². The molecule has 0 unspecified atom stereocenters. The molecule has 0 spiro atoms. The molecular weight excluding hydrogens is 297 g/mol. The molecule has 0 amide bonds. The second-order valence-electron chi connectivity index (χ2n) is 6.25. The number of rotatable bonds is 2. The fraction of sp³-hybridized carbons (Fsp3) is 0.0909. The highest BCUT2D eigenvalue weighted by Crippen LogP contribution is 2.39. The van der Waals surface area contributed by atoms with Crippen molar-refractivity contribution in [3.8, 4) is 0 Å². The van der Waals surface area contributed by atoms with Crippen LogP contribution in [0.3, 0.4) is 0 Å². The zero-order valence-electron chi connectivity index (χ0n) is 14.4. The zero-order chi connectivity index (χ0) is 17.2. The first kappa shape index (κ1) is 16.1. The van der Waals surface area contributed by atoms with Gasteiger partial charge in [0.25, 0.3) is 0 Å². The minimum Gasteiger partial charge on any atom is -0.0923 e. The lowest BCUT2D eigenvalue weighted by Crippen LogP contribution is -1.98. The summed E-state index contributed by atoms with van der Waals surface area (Å²) in [5, 5.41) is 10.9. The van der Waals surface area contributed by atoms with E-state index in [9.17, 15) is 0 Å². The van der Waals surface area contributed by atoms with Crippen molar-refractivity contribution in [3.05, 3.63) is 72.8 Å². The van der Waals surface area contributed by atoms with Crippen molar-refractivity contribution in [3.63, 3.8) is 0 Å². The van der Waals surface area contributed by atoms with Crippen LogP contribution in [0.1, 0.15) is 6.92 Å². The van der Waals surface area contributed by atoms with Gasteiger partial charge in [-0.3, -0.25) is 0 Å². The van der Waals surface area contributed by atoms with Crippen LogP contribution in [0.15, 0.2) is 72.8 Å². The van der Waals surface area contributed by atoms with E-state index < -0.39 is 0 Å². The van der Waals surface area contributed by atoms with E-state index >= 15 is 0 Å². The molecule has 0 bridgehead atoms. The molecule has 25 heavy (non-hydrogen) atoms. The Morgan fingerprint density at radius 2 is 1.00 bits per heavy atom. The maximum Gasteiger partial charge on any atom is 0.0541 e. The maximum atomic E-state index is 4.96. The Morgan fingerprint density at radius 3 is 1.24 bits per heavy atom. The fourth-order valence-electron chi connectivity index (χ4n) is 3.72. The Morgan fingerprint density at radius 1 is 0.640 bits per heavy atom. The molecule has 0 aromatic heterocycles. The molecule has 0 atom stereocenters. The van der Waals surface area contributed by atoms with Crippen LogP contribution in [0.2, 0.25) is 6.32 Å². The van der Waals surface area contributed by atoms with Crippen LogP contribution < -0.4 is 0 Å². The summed E-state index contributed by atoms with van der Waals surface area (Å²) in [7, 11) is 8.42. The van der Waals surface area contributed by atoms with Crippen LogP contribution in [0.5, 0.6) is 0 Å². The summed E-state index contributed by atoms with van der Waals surface area (Å²) in [5.41, 5.74) is 0. The van der Waals surface area contributed by atoms with Crippen LogP contribution in [0.25, 0.3) is 43.1 Å². The van der Waals surface area contributed by atoms with Gasteiger partial charge < -0.3 is 0 Å². The van der Waals surface area contributed by atoms with Crippen LogP contribution in [0, 0.1) is 0 Å². The van der Waals surface area contributed by atoms with Gasteiger partial charge in [-0.15, -0.1) is 0 Å². The van der Waals surface area contributed by atoms with E-state index in [2.05, 4.69) is 72.8 Å². The van der Waals surface area contributed by atoms with E-state index in [0.717, 1.165) is 6.32 Å². The van der Waals surface area contributed by atoms with Gasteiger partial charge in [0.05, 0.1) is 7.17 Å². The number of hydrogen-bond donors (Lipinski definition) is 0. The monoisotopic (exact) mass is 314 g/mol. The summed E-state index contributed by atoms with van der Waals surface area (Å²) in [4.78, 5) is 0. The van der Waals surface area contributed by atoms with Crippen molar-refractivity contribution in [1.29, 1.82) is 0 Å². The highest BCUT2D eigenvalue weighted by atomic mass is 14.1. The lowest BCUT2D eigenvalue weighted by Gasteiger charge is -2.13. The Hall–Kier alpha value is -2.41. The van der Waals surface area contributed by atoms with Crippen molar-refractivity contribution >= 4 is 65.1 Å².